The minimum Gasteiger partial charge on any atom is -0.350 e. The highest BCUT2D eigenvalue weighted by Gasteiger charge is 2.27. The maximum absolute atomic E-state index is 13.1. The predicted octanol–water partition coefficient (Wildman–Crippen LogP) is 3.93. The number of halogens is 3. The molecule has 4 aromatic rings. The number of aromatic nitrogens is 5. The summed E-state index contributed by atoms with van der Waals surface area (Å²) in [6, 6.07) is 8.95. The molecular formula is C21H19F3N6O2. The third-order valence-corrected chi connectivity index (χ3v) is 4.63. The number of nitrogens with zero attached hydrogens (tertiary/aromatic N) is 5. The zero-order valence-electron chi connectivity index (χ0n) is 17.2. The number of fused-ring (bicyclic) bond motifs is 1. The lowest BCUT2D eigenvalue weighted by molar-refractivity contribution is -0.182. The van der Waals surface area contributed by atoms with Crippen molar-refractivity contribution in [2.75, 3.05) is 11.9 Å². The minimum absolute atomic E-state index is 0.325. The first kappa shape index (κ1) is 21.5. The summed E-state index contributed by atoms with van der Waals surface area (Å²) < 4.78 is 44.0. The molecule has 8 nitrogen and oxygen atoms in total. The van der Waals surface area contributed by atoms with Gasteiger partial charge in [-0.15, -0.1) is 0 Å². The summed E-state index contributed by atoms with van der Waals surface area (Å²) in [5.74, 6) is -0.401. The van der Waals surface area contributed by atoms with Gasteiger partial charge in [-0.2, -0.15) is 23.4 Å². The van der Waals surface area contributed by atoms with Gasteiger partial charge in [0.25, 0.3) is 5.91 Å². The maximum atomic E-state index is 13.1. The summed E-state index contributed by atoms with van der Waals surface area (Å²) in [5.41, 5.74) is 3.56. The summed E-state index contributed by atoms with van der Waals surface area (Å²) in [5, 5.41) is 11.6. The van der Waals surface area contributed by atoms with Crippen molar-refractivity contribution in [3.05, 3.63) is 60.2 Å². The van der Waals surface area contributed by atoms with Gasteiger partial charge in [-0.1, -0.05) is 18.2 Å². The lowest BCUT2D eigenvalue weighted by Gasteiger charge is -2.09. The molecule has 3 aromatic heterocycles. The van der Waals surface area contributed by atoms with E-state index in [4.69, 9.17) is 0 Å². The van der Waals surface area contributed by atoms with Crippen LogP contribution >= 0.6 is 0 Å². The monoisotopic (exact) mass is 444 g/mol. The number of pyridine rings is 1. The third kappa shape index (κ3) is 4.78. The van der Waals surface area contributed by atoms with Crippen molar-refractivity contribution in [3.8, 4) is 11.3 Å². The highest BCUT2D eigenvalue weighted by atomic mass is 19.4. The van der Waals surface area contributed by atoms with E-state index in [1.807, 2.05) is 31.3 Å². The molecule has 1 aromatic carbocycles. The second kappa shape index (κ2) is 8.42. The molecule has 0 aliphatic heterocycles. The summed E-state index contributed by atoms with van der Waals surface area (Å²) in [4.78, 5) is 17.7. The molecule has 0 aliphatic rings. The molecule has 1 amide bonds. The molecule has 32 heavy (non-hydrogen) atoms. The average Bonchev–Trinajstić information content (AvgIpc) is 3.31. The Kier molecular flexibility index (Phi) is 5.66. The molecule has 0 spiro atoms. The minimum atomic E-state index is -4.42. The van der Waals surface area contributed by atoms with Gasteiger partial charge in [0.05, 0.1) is 40.5 Å². The van der Waals surface area contributed by atoms with Gasteiger partial charge in [-0.3, -0.25) is 9.48 Å². The molecule has 0 saturated heterocycles. The third-order valence-electron chi connectivity index (χ3n) is 4.63. The van der Waals surface area contributed by atoms with Gasteiger partial charge >= 0.3 is 6.18 Å². The van der Waals surface area contributed by atoms with E-state index in [2.05, 4.69) is 25.2 Å². The lowest BCUT2D eigenvalue weighted by Crippen LogP contribution is -2.18. The molecule has 3 heterocycles. The SMILES string of the molecule is Cc1nn(C)cc1-c1cc(C(=O)Nc2cnn(COCC(F)(F)F)c2)c2ccccc2n1. The second-order valence-corrected chi connectivity index (χ2v) is 7.19. The van der Waals surface area contributed by atoms with Crippen LogP contribution in [0.15, 0.2) is 48.9 Å². The van der Waals surface area contributed by atoms with Crippen LogP contribution in [0.25, 0.3) is 22.2 Å². The highest BCUT2D eigenvalue weighted by molar-refractivity contribution is 6.13. The number of hydrogen-bond acceptors (Lipinski definition) is 5. The number of aryl methyl sites for hydroxylation is 2. The number of hydrogen-bond donors (Lipinski definition) is 1. The van der Waals surface area contributed by atoms with Crippen LogP contribution < -0.4 is 5.32 Å². The summed E-state index contributed by atoms with van der Waals surface area (Å²) in [7, 11) is 1.81. The zero-order valence-corrected chi connectivity index (χ0v) is 17.2. The highest BCUT2D eigenvalue weighted by Crippen LogP contribution is 2.27. The Hall–Kier alpha value is -3.73. The first-order chi connectivity index (χ1) is 15.2. The number of amides is 1. The van der Waals surface area contributed by atoms with E-state index in [9.17, 15) is 18.0 Å². The van der Waals surface area contributed by atoms with Crippen LogP contribution in [0.5, 0.6) is 0 Å². The number of benzene rings is 1. The molecule has 0 bridgehead atoms. The van der Waals surface area contributed by atoms with Crippen molar-refractivity contribution < 1.29 is 22.7 Å². The van der Waals surface area contributed by atoms with E-state index in [1.54, 1.807) is 23.9 Å². The smallest absolute Gasteiger partial charge is 0.350 e. The maximum Gasteiger partial charge on any atom is 0.411 e. The predicted molar refractivity (Wildman–Crippen MR) is 111 cm³/mol. The van der Waals surface area contributed by atoms with Crippen molar-refractivity contribution in [2.24, 2.45) is 7.05 Å². The molecule has 0 fully saturated rings. The summed E-state index contributed by atoms with van der Waals surface area (Å²) >= 11 is 0. The Labute approximate surface area is 180 Å². The molecule has 0 atom stereocenters. The van der Waals surface area contributed by atoms with E-state index in [-0.39, 0.29) is 0 Å². The van der Waals surface area contributed by atoms with E-state index >= 15 is 0 Å². The summed E-state index contributed by atoms with van der Waals surface area (Å²) in [6.45, 7) is 0.0906. The number of anilines is 1. The van der Waals surface area contributed by atoms with Gasteiger partial charge in [-0.05, 0) is 19.1 Å². The molecule has 1 N–H and O–H groups in total. The standard InChI is InChI=1S/C21H19F3N6O2/c1-13-17(10-29(2)28-13)19-7-16(15-5-3-4-6-18(15)27-19)20(31)26-14-8-25-30(9-14)12-32-11-21(22,23)24/h3-10H,11-12H2,1-2H3,(H,26,31). The number of para-hydroxylation sites is 1. The number of rotatable bonds is 6. The Bertz CT molecular complexity index is 1280. The normalized spacial score (nSPS) is 11.8. The Morgan fingerprint density at radius 2 is 2.00 bits per heavy atom. The Morgan fingerprint density at radius 3 is 2.72 bits per heavy atom. The average molecular weight is 444 g/mol. The molecule has 11 heteroatoms. The number of nitrogens with one attached hydrogen (secondary N) is 1. The fourth-order valence-corrected chi connectivity index (χ4v) is 3.30. The van der Waals surface area contributed by atoms with E-state index < -0.39 is 25.4 Å². The van der Waals surface area contributed by atoms with Gasteiger partial charge in [0, 0.05) is 24.2 Å². The number of carbonyl (C=O) groups is 1. The molecule has 0 aliphatic carbocycles. The second-order valence-electron chi connectivity index (χ2n) is 7.19. The van der Waals surface area contributed by atoms with Gasteiger partial charge in [0.1, 0.15) is 13.3 Å². The van der Waals surface area contributed by atoms with Crippen LogP contribution in [0.3, 0.4) is 0 Å². The largest absolute Gasteiger partial charge is 0.411 e. The van der Waals surface area contributed by atoms with Crippen LogP contribution in [0.2, 0.25) is 0 Å². The van der Waals surface area contributed by atoms with Gasteiger partial charge in [-0.25, -0.2) is 9.67 Å². The van der Waals surface area contributed by atoms with E-state index in [0.29, 0.717) is 27.8 Å². The van der Waals surface area contributed by atoms with Crippen molar-refractivity contribution >= 4 is 22.5 Å². The fraction of sp³-hybridized carbons (Fsp3) is 0.238. The van der Waals surface area contributed by atoms with Crippen LogP contribution in [0.4, 0.5) is 18.9 Å². The molecular weight excluding hydrogens is 425 g/mol. The zero-order chi connectivity index (χ0) is 22.9. The number of ether oxygens (including phenoxy) is 1. The molecule has 0 saturated carbocycles. The molecule has 166 valence electrons. The topological polar surface area (TPSA) is 86.9 Å². The lowest BCUT2D eigenvalue weighted by atomic mass is 10.0. The van der Waals surface area contributed by atoms with Crippen molar-refractivity contribution in [3.63, 3.8) is 0 Å². The quantitative estimate of drug-likeness (QED) is 0.487. The van der Waals surface area contributed by atoms with Crippen molar-refractivity contribution in [2.45, 2.75) is 19.8 Å². The number of alkyl halides is 3. The van der Waals surface area contributed by atoms with Gasteiger partial charge in [0.2, 0.25) is 0 Å². The fourth-order valence-electron chi connectivity index (χ4n) is 3.30. The summed E-state index contributed by atoms with van der Waals surface area (Å²) in [6.07, 6.45) is 0.143. The van der Waals surface area contributed by atoms with Crippen LogP contribution in [-0.4, -0.2) is 43.2 Å². The Morgan fingerprint density at radius 1 is 1.22 bits per heavy atom. The van der Waals surface area contributed by atoms with Crippen molar-refractivity contribution in [1.29, 1.82) is 0 Å². The number of carbonyl (C=O) groups excluding carboxylic acids is 1. The van der Waals surface area contributed by atoms with Gasteiger partial charge < -0.3 is 10.1 Å². The first-order valence-electron chi connectivity index (χ1n) is 9.58. The Balaban J connectivity index is 1.59. The van der Waals surface area contributed by atoms with Crippen molar-refractivity contribution in [1.82, 2.24) is 24.5 Å². The van der Waals surface area contributed by atoms with Crippen LogP contribution in [0.1, 0.15) is 16.1 Å². The van der Waals surface area contributed by atoms with Crippen LogP contribution in [0, 0.1) is 6.92 Å². The first-order valence-corrected chi connectivity index (χ1v) is 9.58. The molecule has 0 radical (unpaired) electrons. The molecule has 0 unspecified atom stereocenters. The van der Waals surface area contributed by atoms with Gasteiger partial charge in [0.15, 0.2) is 0 Å². The van der Waals surface area contributed by atoms with Crippen LogP contribution in [-0.2, 0) is 18.5 Å². The van der Waals surface area contributed by atoms with E-state index in [1.165, 1.54) is 12.4 Å². The van der Waals surface area contributed by atoms with E-state index in [0.717, 1.165) is 15.9 Å². The molecule has 4 rings (SSSR count).